The normalized spacial score (nSPS) is 18.6. The number of aromatic nitrogens is 1. The van der Waals surface area contributed by atoms with Gasteiger partial charge in [0, 0.05) is 37.6 Å². The Labute approximate surface area is 108 Å². The summed E-state index contributed by atoms with van der Waals surface area (Å²) in [6.07, 6.45) is 5.82. The van der Waals surface area contributed by atoms with E-state index in [4.69, 9.17) is 11.6 Å². The minimum Gasteiger partial charge on any atom is -0.381 e. The van der Waals surface area contributed by atoms with Gasteiger partial charge in [0.05, 0.1) is 10.7 Å². The van der Waals surface area contributed by atoms with Crippen LogP contribution in [0, 0.1) is 0 Å². The van der Waals surface area contributed by atoms with Gasteiger partial charge >= 0.3 is 0 Å². The minimum absolute atomic E-state index is 0.532. The van der Waals surface area contributed by atoms with Crippen molar-refractivity contribution < 1.29 is 0 Å². The van der Waals surface area contributed by atoms with Gasteiger partial charge in [-0.1, -0.05) is 11.6 Å². The molecule has 2 heterocycles. The van der Waals surface area contributed by atoms with Crippen LogP contribution in [-0.2, 0) is 0 Å². The fraction of sp³-hybridized carbons (Fsp3) is 0.615. The lowest BCUT2D eigenvalue weighted by molar-refractivity contribution is 0.177. The van der Waals surface area contributed by atoms with E-state index in [9.17, 15) is 0 Å². The number of rotatable bonds is 3. The summed E-state index contributed by atoms with van der Waals surface area (Å²) in [5.41, 5.74) is 1.00. The molecule has 17 heavy (non-hydrogen) atoms. The lowest BCUT2D eigenvalue weighted by Crippen LogP contribution is -2.42. The molecule has 4 heteroatoms. The highest BCUT2D eigenvalue weighted by Crippen LogP contribution is 2.23. The Morgan fingerprint density at radius 3 is 2.71 bits per heavy atom. The molecular formula is C13H20ClN3. The third-order valence-corrected chi connectivity index (χ3v) is 3.69. The largest absolute Gasteiger partial charge is 0.381 e. The Balaban J connectivity index is 1.88. The lowest BCUT2D eigenvalue weighted by atomic mass is 10.0. The van der Waals surface area contributed by atoms with Crippen molar-refractivity contribution in [3.8, 4) is 0 Å². The molecule has 0 aliphatic carbocycles. The molecule has 0 bridgehead atoms. The van der Waals surface area contributed by atoms with Crippen LogP contribution in [-0.4, -0.2) is 35.1 Å². The van der Waals surface area contributed by atoms with Gasteiger partial charge in [0.1, 0.15) is 0 Å². The van der Waals surface area contributed by atoms with Crippen LogP contribution in [0.3, 0.4) is 0 Å². The summed E-state index contributed by atoms with van der Waals surface area (Å²) in [4.78, 5) is 6.51. The number of likely N-dealkylation sites (tertiary alicyclic amines) is 1. The summed E-state index contributed by atoms with van der Waals surface area (Å²) in [5.74, 6) is 0. The molecule has 0 radical (unpaired) electrons. The highest BCUT2D eigenvalue weighted by Gasteiger charge is 2.20. The van der Waals surface area contributed by atoms with Crippen molar-refractivity contribution in [2.24, 2.45) is 0 Å². The van der Waals surface area contributed by atoms with E-state index in [2.05, 4.69) is 29.0 Å². The van der Waals surface area contributed by atoms with Crippen LogP contribution in [0.4, 0.5) is 5.69 Å². The summed E-state index contributed by atoms with van der Waals surface area (Å²) in [5, 5.41) is 4.22. The zero-order valence-electron chi connectivity index (χ0n) is 10.5. The van der Waals surface area contributed by atoms with E-state index in [0.29, 0.717) is 17.1 Å². The second-order valence-corrected chi connectivity index (χ2v) is 5.31. The standard InChI is InChI=1S/C13H20ClN3/c1-10(2)17-7-4-11(5-8-17)16-13-3-6-15-9-12(13)14/h3,6,9-11H,4-5,7-8H2,1-2H3,(H,15,16). The van der Waals surface area contributed by atoms with Crippen LogP contribution in [0.25, 0.3) is 0 Å². The molecule has 94 valence electrons. The third-order valence-electron chi connectivity index (χ3n) is 3.39. The Morgan fingerprint density at radius 2 is 2.12 bits per heavy atom. The summed E-state index contributed by atoms with van der Waals surface area (Å²) in [6, 6.07) is 3.13. The SMILES string of the molecule is CC(C)N1CCC(Nc2ccncc2Cl)CC1. The monoisotopic (exact) mass is 253 g/mol. The fourth-order valence-electron chi connectivity index (χ4n) is 2.27. The first-order valence-corrected chi connectivity index (χ1v) is 6.64. The highest BCUT2D eigenvalue weighted by molar-refractivity contribution is 6.33. The first-order chi connectivity index (χ1) is 8.16. The van der Waals surface area contributed by atoms with Gasteiger partial charge in [-0.05, 0) is 32.8 Å². The maximum absolute atomic E-state index is 6.09. The summed E-state index contributed by atoms with van der Waals surface area (Å²) in [6.45, 7) is 6.84. The number of pyridine rings is 1. The second kappa shape index (κ2) is 5.69. The molecule has 2 rings (SSSR count). The minimum atomic E-state index is 0.532. The lowest BCUT2D eigenvalue weighted by Gasteiger charge is -2.35. The Morgan fingerprint density at radius 1 is 1.41 bits per heavy atom. The van der Waals surface area contributed by atoms with Crippen LogP contribution < -0.4 is 5.32 Å². The van der Waals surface area contributed by atoms with Gasteiger partial charge in [-0.15, -0.1) is 0 Å². The van der Waals surface area contributed by atoms with Gasteiger partial charge in [-0.2, -0.15) is 0 Å². The number of halogens is 1. The van der Waals surface area contributed by atoms with Crippen LogP contribution >= 0.6 is 11.6 Å². The van der Waals surface area contributed by atoms with Gasteiger partial charge in [-0.25, -0.2) is 0 Å². The molecule has 1 N–H and O–H groups in total. The molecule has 1 saturated heterocycles. The molecule has 1 aromatic heterocycles. The number of nitrogens with one attached hydrogen (secondary N) is 1. The van der Waals surface area contributed by atoms with Crippen LogP contribution in [0.5, 0.6) is 0 Å². The smallest absolute Gasteiger partial charge is 0.0820 e. The average Bonchev–Trinajstić information content (AvgIpc) is 2.33. The van der Waals surface area contributed by atoms with Crippen molar-refractivity contribution >= 4 is 17.3 Å². The van der Waals surface area contributed by atoms with Crippen LogP contribution in [0.15, 0.2) is 18.5 Å². The molecular weight excluding hydrogens is 234 g/mol. The quantitative estimate of drug-likeness (QED) is 0.898. The van der Waals surface area contributed by atoms with Crippen molar-refractivity contribution in [1.29, 1.82) is 0 Å². The van der Waals surface area contributed by atoms with Crippen molar-refractivity contribution in [2.45, 2.75) is 38.8 Å². The molecule has 0 unspecified atom stereocenters. The zero-order chi connectivity index (χ0) is 12.3. The van der Waals surface area contributed by atoms with E-state index in [1.807, 2.05) is 6.07 Å². The van der Waals surface area contributed by atoms with E-state index in [-0.39, 0.29) is 0 Å². The van der Waals surface area contributed by atoms with Gasteiger partial charge in [-0.3, -0.25) is 4.98 Å². The molecule has 0 amide bonds. The van der Waals surface area contributed by atoms with Crippen molar-refractivity contribution in [1.82, 2.24) is 9.88 Å². The third kappa shape index (κ3) is 3.33. The molecule has 0 aromatic carbocycles. The maximum atomic E-state index is 6.09. The number of nitrogens with zero attached hydrogens (tertiary/aromatic N) is 2. The van der Waals surface area contributed by atoms with E-state index in [1.165, 1.54) is 12.8 Å². The van der Waals surface area contributed by atoms with Crippen molar-refractivity contribution in [2.75, 3.05) is 18.4 Å². The summed E-state index contributed by atoms with van der Waals surface area (Å²) >= 11 is 6.09. The average molecular weight is 254 g/mol. The number of hydrogen-bond donors (Lipinski definition) is 1. The molecule has 0 saturated carbocycles. The zero-order valence-corrected chi connectivity index (χ0v) is 11.2. The predicted molar refractivity (Wildman–Crippen MR) is 72.6 cm³/mol. The Kier molecular flexibility index (Phi) is 4.24. The molecule has 1 fully saturated rings. The second-order valence-electron chi connectivity index (χ2n) is 4.90. The molecule has 1 aromatic rings. The Bertz CT molecular complexity index is 359. The molecule has 1 aliphatic rings. The highest BCUT2D eigenvalue weighted by atomic mass is 35.5. The fourth-order valence-corrected chi connectivity index (χ4v) is 2.45. The Hall–Kier alpha value is -0.800. The van der Waals surface area contributed by atoms with E-state index >= 15 is 0 Å². The van der Waals surface area contributed by atoms with E-state index < -0.39 is 0 Å². The number of piperidine rings is 1. The maximum Gasteiger partial charge on any atom is 0.0820 e. The van der Waals surface area contributed by atoms with Crippen molar-refractivity contribution in [3.05, 3.63) is 23.5 Å². The topological polar surface area (TPSA) is 28.2 Å². The predicted octanol–water partition coefficient (Wildman–Crippen LogP) is 3.02. The van der Waals surface area contributed by atoms with Gasteiger partial charge in [0.25, 0.3) is 0 Å². The van der Waals surface area contributed by atoms with Crippen LogP contribution in [0.1, 0.15) is 26.7 Å². The number of anilines is 1. The summed E-state index contributed by atoms with van der Waals surface area (Å²) < 4.78 is 0. The molecule has 0 atom stereocenters. The molecule has 3 nitrogen and oxygen atoms in total. The first-order valence-electron chi connectivity index (χ1n) is 6.27. The first kappa shape index (κ1) is 12.7. The number of hydrogen-bond acceptors (Lipinski definition) is 3. The van der Waals surface area contributed by atoms with Gasteiger partial charge in [0.15, 0.2) is 0 Å². The van der Waals surface area contributed by atoms with Crippen molar-refractivity contribution in [3.63, 3.8) is 0 Å². The van der Waals surface area contributed by atoms with E-state index in [0.717, 1.165) is 18.8 Å². The van der Waals surface area contributed by atoms with Gasteiger partial charge < -0.3 is 10.2 Å². The summed E-state index contributed by atoms with van der Waals surface area (Å²) in [7, 11) is 0. The van der Waals surface area contributed by atoms with Gasteiger partial charge in [0.2, 0.25) is 0 Å². The van der Waals surface area contributed by atoms with Crippen LogP contribution in [0.2, 0.25) is 5.02 Å². The molecule has 0 spiro atoms. The molecule has 1 aliphatic heterocycles. The van der Waals surface area contributed by atoms with E-state index in [1.54, 1.807) is 12.4 Å².